The molecule has 0 radical (unpaired) electrons. The van der Waals surface area contributed by atoms with Gasteiger partial charge in [0, 0.05) is 25.2 Å². The number of sulfonamides is 1. The average molecular weight is 344 g/mol. The minimum absolute atomic E-state index is 0.0677. The molecule has 8 heteroatoms. The maximum atomic E-state index is 13.0. The van der Waals surface area contributed by atoms with E-state index in [1.54, 1.807) is 13.0 Å². The summed E-state index contributed by atoms with van der Waals surface area (Å²) in [6.07, 6.45) is 1.15. The quantitative estimate of drug-likeness (QED) is 0.839. The molecule has 0 spiro atoms. The van der Waals surface area contributed by atoms with Crippen LogP contribution in [0.25, 0.3) is 0 Å². The number of benzene rings is 1. The molecule has 0 aromatic heterocycles. The van der Waals surface area contributed by atoms with Crippen molar-refractivity contribution in [3.05, 3.63) is 30.1 Å². The van der Waals surface area contributed by atoms with Gasteiger partial charge in [-0.25, -0.2) is 17.1 Å². The number of nitrogens with one attached hydrogen (secondary N) is 1. The topological polar surface area (TPSA) is 75.7 Å². The number of amides is 1. The fourth-order valence-corrected chi connectivity index (χ4v) is 3.57. The molecule has 128 valence electrons. The van der Waals surface area contributed by atoms with Crippen molar-refractivity contribution in [2.45, 2.75) is 25.8 Å². The van der Waals surface area contributed by atoms with Gasteiger partial charge in [-0.2, -0.15) is 0 Å². The van der Waals surface area contributed by atoms with Crippen LogP contribution in [-0.4, -0.2) is 50.1 Å². The summed E-state index contributed by atoms with van der Waals surface area (Å²) in [6.45, 7) is 2.24. The smallest absolute Gasteiger partial charge is 0.258 e. The normalized spacial score (nSPS) is 17.0. The molecule has 23 heavy (non-hydrogen) atoms. The Kier molecular flexibility index (Phi) is 5.95. The number of carbonyl (C=O) groups is 1. The third kappa shape index (κ3) is 5.18. The third-order valence-electron chi connectivity index (χ3n) is 3.74. The first-order valence-electron chi connectivity index (χ1n) is 7.56. The summed E-state index contributed by atoms with van der Waals surface area (Å²) in [4.78, 5) is 11.8. The zero-order chi connectivity index (χ0) is 16.9. The zero-order valence-electron chi connectivity index (χ0n) is 13.0. The Morgan fingerprint density at radius 2 is 2.09 bits per heavy atom. The molecule has 1 amide bonds. The molecule has 0 atom stereocenters. The van der Waals surface area contributed by atoms with Gasteiger partial charge < -0.3 is 10.1 Å². The van der Waals surface area contributed by atoms with E-state index in [1.807, 2.05) is 0 Å². The Morgan fingerprint density at radius 3 is 2.70 bits per heavy atom. The second-order valence-electron chi connectivity index (χ2n) is 5.39. The van der Waals surface area contributed by atoms with E-state index in [0.29, 0.717) is 31.7 Å². The van der Waals surface area contributed by atoms with Crippen LogP contribution in [0, 0.1) is 5.82 Å². The summed E-state index contributed by atoms with van der Waals surface area (Å²) in [5, 5.41) is 2.81. The van der Waals surface area contributed by atoms with Crippen LogP contribution in [0.5, 0.6) is 5.75 Å². The van der Waals surface area contributed by atoms with Crippen molar-refractivity contribution in [1.82, 2.24) is 9.62 Å². The third-order valence-corrected chi connectivity index (χ3v) is 5.62. The van der Waals surface area contributed by atoms with Crippen molar-refractivity contribution < 1.29 is 22.3 Å². The second-order valence-corrected chi connectivity index (χ2v) is 7.65. The predicted octanol–water partition coefficient (Wildman–Crippen LogP) is 1.13. The fourth-order valence-electron chi connectivity index (χ4n) is 2.44. The molecule has 1 aromatic rings. The predicted molar refractivity (Wildman–Crippen MR) is 84.1 cm³/mol. The number of halogens is 1. The molecule has 1 aliphatic rings. The van der Waals surface area contributed by atoms with E-state index in [1.165, 1.54) is 22.5 Å². The van der Waals surface area contributed by atoms with Crippen LogP contribution in [0.2, 0.25) is 0 Å². The van der Waals surface area contributed by atoms with Gasteiger partial charge in [0.2, 0.25) is 10.0 Å². The molecule has 6 nitrogen and oxygen atoms in total. The molecule has 0 unspecified atom stereocenters. The van der Waals surface area contributed by atoms with Gasteiger partial charge >= 0.3 is 0 Å². The highest BCUT2D eigenvalue weighted by atomic mass is 32.2. The molecular formula is C15H21FN2O4S. The van der Waals surface area contributed by atoms with Crippen LogP contribution in [0.3, 0.4) is 0 Å². The van der Waals surface area contributed by atoms with Crippen LogP contribution >= 0.6 is 0 Å². The SMILES string of the molecule is CCS(=O)(=O)N1CCC(NC(=O)COc2cccc(F)c2)CC1. The molecule has 1 fully saturated rings. The lowest BCUT2D eigenvalue weighted by Crippen LogP contribution is -2.47. The molecule has 1 aliphatic heterocycles. The Morgan fingerprint density at radius 1 is 1.39 bits per heavy atom. The van der Waals surface area contributed by atoms with Crippen LogP contribution in [0.15, 0.2) is 24.3 Å². The van der Waals surface area contributed by atoms with Gasteiger partial charge in [0.25, 0.3) is 5.91 Å². The van der Waals surface area contributed by atoms with Crippen molar-refractivity contribution in [2.75, 3.05) is 25.4 Å². The van der Waals surface area contributed by atoms with Crippen molar-refractivity contribution in [3.8, 4) is 5.75 Å². The lowest BCUT2D eigenvalue weighted by atomic mass is 10.1. The maximum absolute atomic E-state index is 13.0. The van der Waals surface area contributed by atoms with Gasteiger partial charge in [0.05, 0.1) is 5.75 Å². The highest BCUT2D eigenvalue weighted by Gasteiger charge is 2.27. The van der Waals surface area contributed by atoms with E-state index in [-0.39, 0.29) is 24.3 Å². The van der Waals surface area contributed by atoms with Crippen LogP contribution in [-0.2, 0) is 14.8 Å². The first-order chi connectivity index (χ1) is 10.9. The molecule has 1 saturated heterocycles. The monoisotopic (exact) mass is 344 g/mol. The number of nitrogens with zero attached hydrogens (tertiary/aromatic N) is 1. The molecular weight excluding hydrogens is 323 g/mol. The van der Waals surface area contributed by atoms with Gasteiger partial charge in [-0.15, -0.1) is 0 Å². The Balaban J connectivity index is 1.75. The minimum atomic E-state index is -3.16. The second kappa shape index (κ2) is 7.74. The number of hydrogen-bond acceptors (Lipinski definition) is 4. The number of carbonyl (C=O) groups excluding carboxylic acids is 1. The molecule has 1 N–H and O–H groups in total. The number of hydrogen-bond donors (Lipinski definition) is 1. The zero-order valence-corrected chi connectivity index (χ0v) is 13.8. The molecule has 1 heterocycles. The fraction of sp³-hybridized carbons (Fsp3) is 0.533. The molecule has 1 aromatic carbocycles. The van der Waals surface area contributed by atoms with E-state index >= 15 is 0 Å². The van der Waals surface area contributed by atoms with Crippen LogP contribution in [0.4, 0.5) is 4.39 Å². The molecule has 2 rings (SSSR count). The van der Waals surface area contributed by atoms with Gasteiger partial charge in [-0.1, -0.05) is 6.07 Å². The van der Waals surface area contributed by atoms with E-state index in [2.05, 4.69) is 5.32 Å². The van der Waals surface area contributed by atoms with Crippen LogP contribution in [0.1, 0.15) is 19.8 Å². The molecule has 0 aliphatic carbocycles. The first-order valence-corrected chi connectivity index (χ1v) is 9.17. The molecule has 0 saturated carbocycles. The van der Waals surface area contributed by atoms with Gasteiger partial charge in [0.15, 0.2) is 6.61 Å². The number of ether oxygens (including phenoxy) is 1. The Labute approximate surface area is 135 Å². The standard InChI is InChI=1S/C15H21FN2O4S/c1-2-23(20,21)18-8-6-13(7-9-18)17-15(19)11-22-14-5-3-4-12(16)10-14/h3-5,10,13H,2,6-9,11H2,1H3,(H,17,19). The van der Waals surface area contributed by atoms with E-state index in [0.717, 1.165) is 0 Å². The van der Waals surface area contributed by atoms with Gasteiger partial charge in [-0.3, -0.25) is 4.79 Å². The van der Waals surface area contributed by atoms with E-state index in [9.17, 15) is 17.6 Å². The lowest BCUT2D eigenvalue weighted by molar-refractivity contribution is -0.124. The van der Waals surface area contributed by atoms with Crippen molar-refractivity contribution in [1.29, 1.82) is 0 Å². The van der Waals surface area contributed by atoms with Gasteiger partial charge in [0.1, 0.15) is 11.6 Å². The summed E-state index contributed by atoms with van der Waals surface area (Å²) in [7, 11) is -3.16. The van der Waals surface area contributed by atoms with Crippen molar-refractivity contribution >= 4 is 15.9 Å². The Hall–Kier alpha value is -1.67. The number of rotatable bonds is 6. The van der Waals surface area contributed by atoms with Crippen molar-refractivity contribution in [3.63, 3.8) is 0 Å². The Bertz CT molecular complexity index is 643. The summed E-state index contributed by atoms with van der Waals surface area (Å²) in [6, 6.07) is 5.52. The van der Waals surface area contributed by atoms with E-state index < -0.39 is 15.8 Å². The first kappa shape index (κ1) is 17.7. The summed E-state index contributed by atoms with van der Waals surface area (Å²) >= 11 is 0. The number of piperidine rings is 1. The highest BCUT2D eigenvalue weighted by Crippen LogP contribution is 2.15. The van der Waals surface area contributed by atoms with E-state index in [4.69, 9.17) is 4.74 Å². The lowest BCUT2D eigenvalue weighted by Gasteiger charge is -2.31. The molecule has 0 bridgehead atoms. The maximum Gasteiger partial charge on any atom is 0.258 e. The summed E-state index contributed by atoms with van der Waals surface area (Å²) in [5.41, 5.74) is 0. The largest absolute Gasteiger partial charge is 0.484 e. The van der Waals surface area contributed by atoms with Gasteiger partial charge in [-0.05, 0) is 31.9 Å². The summed E-state index contributed by atoms with van der Waals surface area (Å²) in [5.74, 6) is -0.339. The summed E-state index contributed by atoms with van der Waals surface area (Å²) < 4.78 is 43.2. The average Bonchev–Trinajstić information content (AvgIpc) is 2.53. The highest BCUT2D eigenvalue weighted by molar-refractivity contribution is 7.89. The van der Waals surface area contributed by atoms with Crippen LogP contribution < -0.4 is 10.1 Å². The van der Waals surface area contributed by atoms with Crippen molar-refractivity contribution in [2.24, 2.45) is 0 Å². The minimum Gasteiger partial charge on any atom is -0.484 e.